The van der Waals surface area contributed by atoms with E-state index < -0.39 is 6.10 Å². The van der Waals surface area contributed by atoms with Crippen LogP contribution in [0.3, 0.4) is 0 Å². The van der Waals surface area contributed by atoms with E-state index in [0.29, 0.717) is 19.7 Å². The van der Waals surface area contributed by atoms with Crippen molar-refractivity contribution in [1.29, 1.82) is 0 Å². The summed E-state index contributed by atoms with van der Waals surface area (Å²) in [4.78, 5) is 0. The molecular formula is C18H27N3O2. The molecule has 2 aromatic rings. The summed E-state index contributed by atoms with van der Waals surface area (Å²) in [6.07, 6.45) is 1.56. The molecule has 5 nitrogen and oxygen atoms in total. The molecule has 0 radical (unpaired) electrons. The molecule has 0 aliphatic carbocycles. The Hall–Kier alpha value is -1.69. The topological polar surface area (TPSA) is 59.3 Å². The molecule has 126 valence electrons. The first-order valence-electron chi connectivity index (χ1n) is 7.94. The van der Waals surface area contributed by atoms with Gasteiger partial charge < -0.3 is 15.2 Å². The molecule has 23 heavy (non-hydrogen) atoms. The number of para-hydroxylation sites is 1. The second-order valence-corrected chi connectivity index (χ2v) is 6.77. The van der Waals surface area contributed by atoms with Crippen molar-refractivity contribution in [3.8, 4) is 5.69 Å². The lowest BCUT2D eigenvalue weighted by atomic mass is 9.89. The first-order valence-corrected chi connectivity index (χ1v) is 7.94. The van der Waals surface area contributed by atoms with Crippen LogP contribution in [0.5, 0.6) is 0 Å². The number of rotatable bonds is 7. The molecule has 1 heterocycles. The molecule has 2 rings (SSSR count). The fourth-order valence-electron chi connectivity index (χ4n) is 2.51. The van der Waals surface area contributed by atoms with Crippen LogP contribution in [0.4, 0.5) is 0 Å². The maximum atomic E-state index is 9.73. The van der Waals surface area contributed by atoms with Gasteiger partial charge in [-0.2, -0.15) is 5.10 Å². The summed E-state index contributed by atoms with van der Waals surface area (Å²) in [7, 11) is 1.59. The fraction of sp³-hybridized carbons (Fsp3) is 0.500. The predicted octanol–water partition coefficient (Wildman–Crippen LogP) is 2.27. The van der Waals surface area contributed by atoms with Gasteiger partial charge in [0.25, 0.3) is 0 Å². The standard InChI is InChI=1S/C18H27N3O2/c1-18(2,3)17-14(10-19-11-16(22)13-23-4)12-21(20-17)15-8-6-5-7-9-15/h5-9,12,16,19,22H,10-11,13H2,1-4H3. The van der Waals surface area contributed by atoms with Gasteiger partial charge in [0.1, 0.15) is 0 Å². The van der Waals surface area contributed by atoms with E-state index in [9.17, 15) is 5.11 Å². The number of hydrogen-bond acceptors (Lipinski definition) is 4. The number of aromatic nitrogens is 2. The monoisotopic (exact) mass is 317 g/mol. The average Bonchev–Trinajstić information content (AvgIpc) is 2.93. The van der Waals surface area contributed by atoms with Crippen molar-refractivity contribution in [2.75, 3.05) is 20.3 Å². The van der Waals surface area contributed by atoms with Crippen molar-refractivity contribution >= 4 is 0 Å². The molecule has 5 heteroatoms. The van der Waals surface area contributed by atoms with Gasteiger partial charge in [-0.1, -0.05) is 39.0 Å². The zero-order valence-corrected chi connectivity index (χ0v) is 14.4. The average molecular weight is 317 g/mol. The molecule has 0 fully saturated rings. The molecule has 0 saturated heterocycles. The highest BCUT2D eigenvalue weighted by Crippen LogP contribution is 2.25. The van der Waals surface area contributed by atoms with Crippen molar-refractivity contribution in [2.45, 2.75) is 38.8 Å². The van der Waals surface area contributed by atoms with E-state index in [0.717, 1.165) is 16.9 Å². The summed E-state index contributed by atoms with van der Waals surface area (Å²) in [5, 5.41) is 17.8. The Labute approximate surface area is 138 Å². The van der Waals surface area contributed by atoms with Crippen LogP contribution >= 0.6 is 0 Å². The van der Waals surface area contributed by atoms with Crippen molar-refractivity contribution in [1.82, 2.24) is 15.1 Å². The summed E-state index contributed by atoms with van der Waals surface area (Å²) in [6.45, 7) is 7.98. The number of benzene rings is 1. The molecule has 0 bridgehead atoms. The predicted molar refractivity (Wildman–Crippen MR) is 91.9 cm³/mol. The summed E-state index contributed by atoms with van der Waals surface area (Å²) in [5.41, 5.74) is 3.21. The Balaban J connectivity index is 2.15. The number of hydrogen-bond donors (Lipinski definition) is 2. The van der Waals surface area contributed by atoms with Crippen LogP contribution < -0.4 is 5.32 Å². The smallest absolute Gasteiger partial charge is 0.0897 e. The minimum atomic E-state index is -0.498. The lowest BCUT2D eigenvalue weighted by Gasteiger charge is -2.18. The van der Waals surface area contributed by atoms with Crippen LogP contribution in [0.2, 0.25) is 0 Å². The van der Waals surface area contributed by atoms with Gasteiger partial charge in [-0.05, 0) is 12.1 Å². The van der Waals surface area contributed by atoms with E-state index in [4.69, 9.17) is 9.84 Å². The quantitative estimate of drug-likeness (QED) is 0.822. The lowest BCUT2D eigenvalue weighted by Crippen LogP contribution is -2.30. The minimum absolute atomic E-state index is 0.0395. The maximum absolute atomic E-state index is 9.73. The van der Waals surface area contributed by atoms with Gasteiger partial charge in [-0.3, -0.25) is 0 Å². The molecular weight excluding hydrogens is 290 g/mol. The summed E-state index contributed by atoms with van der Waals surface area (Å²) in [5.74, 6) is 0. The van der Waals surface area contributed by atoms with E-state index >= 15 is 0 Å². The largest absolute Gasteiger partial charge is 0.389 e. The second kappa shape index (κ2) is 7.73. The molecule has 0 amide bonds. The normalized spacial score (nSPS) is 13.3. The third kappa shape index (κ3) is 4.89. The zero-order chi connectivity index (χ0) is 16.9. The highest BCUT2D eigenvalue weighted by molar-refractivity contribution is 5.34. The van der Waals surface area contributed by atoms with E-state index in [1.807, 2.05) is 35.0 Å². The molecule has 1 aromatic heterocycles. The van der Waals surface area contributed by atoms with Crippen LogP contribution in [0.1, 0.15) is 32.0 Å². The van der Waals surface area contributed by atoms with E-state index in [-0.39, 0.29) is 5.41 Å². The van der Waals surface area contributed by atoms with Gasteiger partial charge in [0.2, 0.25) is 0 Å². The Morgan fingerprint density at radius 1 is 1.26 bits per heavy atom. The van der Waals surface area contributed by atoms with Gasteiger partial charge in [0, 0.05) is 37.4 Å². The molecule has 1 unspecified atom stereocenters. The highest BCUT2D eigenvalue weighted by Gasteiger charge is 2.22. The van der Waals surface area contributed by atoms with E-state index in [1.165, 1.54) is 0 Å². The van der Waals surface area contributed by atoms with E-state index in [2.05, 4.69) is 32.3 Å². The molecule has 2 N–H and O–H groups in total. The Morgan fingerprint density at radius 2 is 1.96 bits per heavy atom. The van der Waals surface area contributed by atoms with Crippen molar-refractivity contribution in [2.24, 2.45) is 0 Å². The van der Waals surface area contributed by atoms with Crippen LogP contribution in [-0.4, -0.2) is 41.3 Å². The van der Waals surface area contributed by atoms with Gasteiger partial charge in [-0.25, -0.2) is 4.68 Å². The highest BCUT2D eigenvalue weighted by atomic mass is 16.5. The number of methoxy groups -OCH3 is 1. The Morgan fingerprint density at radius 3 is 2.57 bits per heavy atom. The number of aliphatic hydroxyl groups is 1. The minimum Gasteiger partial charge on any atom is -0.389 e. The summed E-state index contributed by atoms with van der Waals surface area (Å²) in [6, 6.07) is 10.1. The molecule has 0 spiro atoms. The van der Waals surface area contributed by atoms with Crippen LogP contribution in [-0.2, 0) is 16.7 Å². The van der Waals surface area contributed by atoms with Gasteiger partial charge in [-0.15, -0.1) is 0 Å². The molecule has 1 atom stereocenters. The maximum Gasteiger partial charge on any atom is 0.0897 e. The van der Waals surface area contributed by atoms with Gasteiger partial charge in [0.15, 0.2) is 0 Å². The first-order chi connectivity index (χ1) is 10.9. The van der Waals surface area contributed by atoms with E-state index in [1.54, 1.807) is 7.11 Å². The molecule has 0 aliphatic heterocycles. The van der Waals surface area contributed by atoms with Gasteiger partial charge in [0.05, 0.1) is 24.1 Å². The number of aliphatic hydroxyl groups excluding tert-OH is 1. The fourth-order valence-corrected chi connectivity index (χ4v) is 2.51. The van der Waals surface area contributed by atoms with Crippen molar-refractivity contribution in [3.63, 3.8) is 0 Å². The molecule has 0 aliphatic rings. The number of ether oxygens (including phenoxy) is 1. The second-order valence-electron chi connectivity index (χ2n) is 6.77. The third-order valence-electron chi connectivity index (χ3n) is 3.58. The van der Waals surface area contributed by atoms with Crippen molar-refractivity contribution < 1.29 is 9.84 Å². The van der Waals surface area contributed by atoms with Crippen molar-refractivity contribution in [3.05, 3.63) is 47.8 Å². The zero-order valence-electron chi connectivity index (χ0n) is 14.4. The molecule has 1 aromatic carbocycles. The SMILES string of the molecule is COCC(O)CNCc1cn(-c2ccccc2)nc1C(C)(C)C. The number of nitrogens with one attached hydrogen (secondary N) is 1. The number of nitrogens with zero attached hydrogens (tertiary/aromatic N) is 2. The summed E-state index contributed by atoms with van der Waals surface area (Å²) >= 11 is 0. The first kappa shape index (κ1) is 17.7. The third-order valence-corrected chi connectivity index (χ3v) is 3.58. The van der Waals surface area contributed by atoms with Crippen LogP contribution in [0, 0.1) is 0 Å². The Kier molecular flexibility index (Phi) is 5.93. The molecule has 0 saturated carbocycles. The van der Waals surface area contributed by atoms with Crippen LogP contribution in [0.15, 0.2) is 36.5 Å². The van der Waals surface area contributed by atoms with Crippen LogP contribution in [0.25, 0.3) is 5.69 Å². The van der Waals surface area contributed by atoms with Gasteiger partial charge >= 0.3 is 0 Å². The summed E-state index contributed by atoms with van der Waals surface area (Å²) < 4.78 is 6.86. The lowest BCUT2D eigenvalue weighted by molar-refractivity contribution is 0.0644. The Bertz CT molecular complexity index is 602.